The minimum absolute atomic E-state index is 0.145. The first-order valence-electron chi connectivity index (χ1n) is 8.18. The Morgan fingerprint density at radius 3 is 2.16 bits per heavy atom. The molecule has 1 aliphatic rings. The number of carbonyl (C=O) groups is 2. The van der Waals surface area contributed by atoms with Crippen molar-refractivity contribution in [1.29, 1.82) is 0 Å². The summed E-state index contributed by atoms with van der Waals surface area (Å²) in [5.41, 5.74) is 0.253. The van der Waals surface area contributed by atoms with Gasteiger partial charge in [-0.2, -0.15) is 4.31 Å². The molecule has 1 saturated heterocycles. The Bertz CT molecular complexity index is 735. The summed E-state index contributed by atoms with van der Waals surface area (Å²) in [6.45, 7) is 4.66. The van der Waals surface area contributed by atoms with E-state index in [0.29, 0.717) is 24.9 Å². The van der Waals surface area contributed by atoms with Crippen molar-refractivity contribution in [3.8, 4) is 0 Å². The van der Waals surface area contributed by atoms with Crippen LogP contribution < -0.4 is 0 Å². The van der Waals surface area contributed by atoms with Crippen molar-refractivity contribution in [2.24, 2.45) is 11.8 Å². The molecule has 0 aromatic heterocycles. The monoisotopic (exact) mass is 368 g/mol. The number of benzene rings is 1. The maximum atomic E-state index is 12.8. The van der Waals surface area contributed by atoms with Crippen LogP contribution in [-0.4, -0.2) is 61.3 Å². The minimum atomic E-state index is -3.60. The van der Waals surface area contributed by atoms with Gasteiger partial charge in [0.15, 0.2) is 0 Å². The van der Waals surface area contributed by atoms with Crippen LogP contribution in [0, 0.1) is 11.8 Å². The highest BCUT2D eigenvalue weighted by molar-refractivity contribution is 7.89. The summed E-state index contributed by atoms with van der Waals surface area (Å²) in [6, 6.07) is 5.65. The van der Waals surface area contributed by atoms with Crippen molar-refractivity contribution in [1.82, 2.24) is 9.21 Å². The molecule has 0 spiro atoms. The van der Waals surface area contributed by atoms with E-state index in [1.54, 1.807) is 0 Å². The summed E-state index contributed by atoms with van der Waals surface area (Å²) in [4.78, 5) is 24.0. The molecule has 0 bridgehead atoms. The number of hydrogen-bond acceptors (Lipinski definition) is 4. The Hall–Kier alpha value is -1.93. The molecular formula is C17H24N2O5S. The van der Waals surface area contributed by atoms with Gasteiger partial charge >= 0.3 is 5.97 Å². The van der Waals surface area contributed by atoms with Gasteiger partial charge in [-0.1, -0.05) is 13.8 Å². The van der Waals surface area contributed by atoms with Crippen LogP contribution in [0.1, 0.15) is 30.6 Å². The zero-order chi connectivity index (χ0) is 18.8. The van der Waals surface area contributed by atoms with Crippen molar-refractivity contribution < 1.29 is 23.1 Å². The molecule has 1 N–H and O–H groups in total. The molecule has 1 heterocycles. The Morgan fingerprint density at radius 2 is 1.68 bits per heavy atom. The number of amides is 1. The van der Waals surface area contributed by atoms with Gasteiger partial charge in [0.2, 0.25) is 10.0 Å². The number of aliphatic carboxylic acids is 1. The fraction of sp³-hybridized carbons (Fsp3) is 0.529. The Balaban J connectivity index is 2.18. The molecule has 0 radical (unpaired) electrons. The minimum Gasteiger partial charge on any atom is -0.480 e. The first-order valence-corrected chi connectivity index (χ1v) is 9.62. The fourth-order valence-corrected chi connectivity index (χ4v) is 4.90. The summed E-state index contributed by atoms with van der Waals surface area (Å²) < 4.78 is 27.1. The van der Waals surface area contributed by atoms with Gasteiger partial charge in [0.1, 0.15) is 6.54 Å². The van der Waals surface area contributed by atoms with E-state index in [-0.39, 0.29) is 10.5 Å². The number of hydrogen-bond donors (Lipinski definition) is 1. The third-order valence-corrected chi connectivity index (χ3v) is 6.14. The van der Waals surface area contributed by atoms with E-state index in [4.69, 9.17) is 5.11 Å². The molecule has 2 unspecified atom stereocenters. The third-order valence-electron chi connectivity index (χ3n) is 4.29. The van der Waals surface area contributed by atoms with E-state index in [2.05, 4.69) is 0 Å². The number of likely N-dealkylation sites (N-methyl/N-ethyl adjacent to an activating group) is 1. The Morgan fingerprint density at radius 1 is 1.16 bits per heavy atom. The second-order valence-corrected chi connectivity index (χ2v) is 8.79. The molecule has 2 atom stereocenters. The first kappa shape index (κ1) is 19.4. The summed E-state index contributed by atoms with van der Waals surface area (Å²) in [7, 11) is -2.21. The molecule has 1 aromatic rings. The molecule has 2 rings (SSSR count). The van der Waals surface area contributed by atoms with Gasteiger partial charge in [-0.3, -0.25) is 9.59 Å². The van der Waals surface area contributed by atoms with Gasteiger partial charge in [-0.25, -0.2) is 8.42 Å². The first-order chi connectivity index (χ1) is 11.6. The van der Waals surface area contributed by atoms with Gasteiger partial charge in [-0.15, -0.1) is 0 Å². The summed E-state index contributed by atoms with van der Waals surface area (Å²) >= 11 is 0. The highest BCUT2D eigenvalue weighted by Gasteiger charge is 2.31. The van der Waals surface area contributed by atoms with Crippen LogP contribution >= 0.6 is 0 Å². The normalized spacial score (nSPS) is 21.7. The summed E-state index contributed by atoms with van der Waals surface area (Å²) in [5.74, 6) is -0.956. The second-order valence-electron chi connectivity index (χ2n) is 6.85. The molecule has 1 amide bonds. The summed E-state index contributed by atoms with van der Waals surface area (Å²) in [6.07, 6.45) is 1.01. The lowest BCUT2D eigenvalue weighted by atomic mass is 9.94. The summed E-state index contributed by atoms with van der Waals surface area (Å²) in [5, 5.41) is 8.74. The van der Waals surface area contributed by atoms with Crippen LogP contribution in [0.25, 0.3) is 0 Å². The predicted molar refractivity (Wildman–Crippen MR) is 92.7 cm³/mol. The molecule has 1 aliphatic heterocycles. The average molecular weight is 368 g/mol. The quantitative estimate of drug-likeness (QED) is 0.850. The van der Waals surface area contributed by atoms with E-state index in [1.807, 2.05) is 13.8 Å². The topological polar surface area (TPSA) is 95.0 Å². The van der Waals surface area contributed by atoms with Crippen molar-refractivity contribution in [3.05, 3.63) is 29.8 Å². The van der Waals surface area contributed by atoms with Crippen molar-refractivity contribution in [2.75, 3.05) is 26.7 Å². The number of carboxylic acid groups (broad SMARTS) is 1. The van der Waals surface area contributed by atoms with Gasteiger partial charge in [0, 0.05) is 25.7 Å². The van der Waals surface area contributed by atoms with Gasteiger partial charge < -0.3 is 10.0 Å². The molecule has 0 aliphatic carbocycles. The lowest BCUT2D eigenvalue weighted by molar-refractivity contribution is -0.137. The van der Waals surface area contributed by atoms with Crippen molar-refractivity contribution in [2.45, 2.75) is 25.2 Å². The number of nitrogens with zero attached hydrogens (tertiary/aromatic N) is 2. The molecular weight excluding hydrogens is 344 g/mol. The molecule has 7 nitrogen and oxygen atoms in total. The molecule has 0 saturated carbocycles. The molecule has 1 aromatic carbocycles. The number of piperidine rings is 1. The average Bonchev–Trinajstić information content (AvgIpc) is 2.52. The number of rotatable bonds is 5. The van der Waals surface area contributed by atoms with E-state index >= 15 is 0 Å². The van der Waals surface area contributed by atoms with Crippen LogP contribution in [-0.2, 0) is 14.8 Å². The Labute approximate surface area is 148 Å². The zero-order valence-corrected chi connectivity index (χ0v) is 15.5. The molecule has 25 heavy (non-hydrogen) atoms. The van der Waals surface area contributed by atoms with Gasteiger partial charge in [0.05, 0.1) is 4.90 Å². The molecule has 1 fully saturated rings. The maximum Gasteiger partial charge on any atom is 0.323 e. The van der Waals surface area contributed by atoms with Crippen LogP contribution in [0.15, 0.2) is 29.2 Å². The van der Waals surface area contributed by atoms with E-state index in [1.165, 1.54) is 35.6 Å². The highest BCUT2D eigenvalue weighted by atomic mass is 32.2. The number of carbonyl (C=O) groups excluding carboxylic acids is 1. The molecule has 138 valence electrons. The SMILES string of the molecule is CC1CC(C)CN(S(=O)(=O)c2ccc(C(=O)N(C)CC(=O)O)cc2)C1. The van der Waals surface area contributed by atoms with Crippen molar-refractivity contribution in [3.63, 3.8) is 0 Å². The van der Waals surface area contributed by atoms with E-state index in [0.717, 1.165) is 11.3 Å². The fourth-order valence-electron chi connectivity index (χ4n) is 3.22. The lowest BCUT2D eigenvalue weighted by Gasteiger charge is -2.34. The molecule has 8 heteroatoms. The second kappa shape index (κ2) is 7.53. The third kappa shape index (κ3) is 4.58. The maximum absolute atomic E-state index is 12.8. The van der Waals surface area contributed by atoms with Crippen LogP contribution in [0.2, 0.25) is 0 Å². The zero-order valence-electron chi connectivity index (χ0n) is 14.7. The largest absolute Gasteiger partial charge is 0.480 e. The van der Waals surface area contributed by atoms with Gasteiger partial charge in [-0.05, 0) is 42.5 Å². The van der Waals surface area contributed by atoms with E-state index < -0.39 is 28.4 Å². The number of carboxylic acids is 1. The van der Waals surface area contributed by atoms with Crippen LogP contribution in [0.5, 0.6) is 0 Å². The standard InChI is InChI=1S/C17H24N2O5S/c1-12-8-13(2)10-19(9-12)25(23,24)15-6-4-14(5-7-15)17(22)18(3)11-16(20)21/h4-7,12-13H,8-11H2,1-3H3,(H,20,21). The lowest BCUT2D eigenvalue weighted by Crippen LogP contribution is -2.42. The van der Waals surface area contributed by atoms with Crippen molar-refractivity contribution >= 4 is 21.9 Å². The smallest absolute Gasteiger partial charge is 0.323 e. The number of sulfonamides is 1. The van der Waals surface area contributed by atoms with Crippen LogP contribution in [0.4, 0.5) is 0 Å². The highest BCUT2D eigenvalue weighted by Crippen LogP contribution is 2.26. The van der Waals surface area contributed by atoms with Crippen LogP contribution in [0.3, 0.4) is 0 Å². The predicted octanol–water partition coefficient (Wildman–Crippen LogP) is 1.51. The van der Waals surface area contributed by atoms with E-state index in [9.17, 15) is 18.0 Å². The Kier molecular flexibility index (Phi) is 5.84. The van der Waals surface area contributed by atoms with Gasteiger partial charge in [0.25, 0.3) is 5.91 Å².